The molecule has 0 radical (unpaired) electrons. The molecule has 7 heteroatoms. The van der Waals surface area contributed by atoms with Crippen molar-refractivity contribution in [3.63, 3.8) is 0 Å². The van der Waals surface area contributed by atoms with E-state index in [-0.39, 0.29) is 0 Å². The van der Waals surface area contributed by atoms with Crippen molar-refractivity contribution in [2.45, 2.75) is 26.2 Å². The van der Waals surface area contributed by atoms with Gasteiger partial charge in [0.25, 0.3) is 0 Å². The fourth-order valence-corrected chi connectivity index (χ4v) is 3.45. The standard InChI is InChI=1S/C18H28N6O/c1-14-16(12-23(2)22-14)17-6-8-20-18(21-17)19-7-4-10-24-9-3-5-15(11-24)13-25/h6,8,12,15,25H,3-5,7,9-11,13H2,1-2H3,(H,19,20,21)/t15-/m1/s1. The zero-order valence-electron chi connectivity index (χ0n) is 15.1. The van der Waals surface area contributed by atoms with Gasteiger partial charge >= 0.3 is 0 Å². The molecule has 0 saturated carbocycles. The van der Waals surface area contributed by atoms with Gasteiger partial charge in [0, 0.05) is 44.7 Å². The number of anilines is 1. The first-order chi connectivity index (χ1) is 12.2. The summed E-state index contributed by atoms with van der Waals surface area (Å²) in [5.41, 5.74) is 2.90. The molecule has 1 aliphatic rings. The molecule has 0 spiro atoms. The summed E-state index contributed by atoms with van der Waals surface area (Å²) < 4.78 is 1.80. The molecule has 0 aromatic carbocycles. The number of rotatable bonds is 7. The van der Waals surface area contributed by atoms with E-state index in [9.17, 15) is 5.11 Å². The molecule has 1 aliphatic heterocycles. The normalized spacial score (nSPS) is 18.4. The lowest BCUT2D eigenvalue weighted by Crippen LogP contribution is -2.37. The molecule has 136 valence electrons. The van der Waals surface area contributed by atoms with Gasteiger partial charge in [0.1, 0.15) is 0 Å². The van der Waals surface area contributed by atoms with Gasteiger partial charge in [-0.3, -0.25) is 4.68 Å². The number of aliphatic hydroxyl groups excluding tert-OH is 1. The van der Waals surface area contributed by atoms with Crippen molar-refractivity contribution in [2.75, 3.05) is 38.1 Å². The lowest BCUT2D eigenvalue weighted by atomic mass is 9.99. The number of hydrogen-bond donors (Lipinski definition) is 2. The van der Waals surface area contributed by atoms with E-state index in [1.165, 1.54) is 6.42 Å². The quantitative estimate of drug-likeness (QED) is 0.744. The van der Waals surface area contributed by atoms with Crippen LogP contribution in [0.4, 0.5) is 5.95 Å². The van der Waals surface area contributed by atoms with Gasteiger partial charge in [-0.05, 0) is 51.3 Å². The Morgan fingerprint density at radius 2 is 2.28 bits per heavy atom. The predicted octanol–water partition coefficient (Wildman–Crippen LogP) is 1.69. The van der Waals surface area contributed by atoms with Crippen LogP contribution in [0.3, 0.4) is 0 Å². The fourth-order valence-electron chi connectivity index (χ4n) is 3.45. The van der Waals surface area contributed by atoms with Crippen LogP contribution in [-0.4, -0.2) is 62.5 Å². The van der Waals surface area contributed by atoms with Gasteiger partial charge in [-0.1, -0.05) is 0 Å². The first kappa shape index (κ1) is 17.8. The summed E-state index contributed by atoms with van der Waals surface area (Å²) in [4.78, 5) is 11.4. The summed E-state index contributed by atoms with van der Waals surface area (Å²) in [7, 11) is 1.92. The second kappa shape index (κ2) is 8.40. The van der Waals surface area contributed by atoms with Crippen molar-refractivity contribution in [2.24, 2.45) is 13.0 Å². The van der Waals surface area contributed by atoms with Crippen LogP contribution in [0, 0.1) is 12.8 Å². The van der Waals surface area contributed by atoms with Crippen LogP contribution in [0.1, 0.15) is 25.0 Å². The average Bonchev–Trinajstić information content (AvgIpc) is 2.97. The highest BCUT2D eigenvalue weighted by atomic mass is 16.3. The van der Waals surface area contributed by atoms with Crippen LogP contribution in [0.5, 0.6) is 0 Å². The van der Waals surface area contributed by atoms with Gasteiger partial charge in [0.05, 0.1) is 11.4 Å². The van der Waals surface area contributed by atoms with Gasteiger partial charge in [0.2, 0.25) is 5.95 Å². The van der Waals surface area contributed by atoms with Crippen LogP contribution in [0.2, 0.25) is 0 Å². The van der Waals surface area contributed by atoms with E-state index in [0.29, 0.717) is 18.5 Å². The van der Waals surface area contributed by atoms with Crippen molar-refractivity contribution in [1.82, 2.24) is 24.6 Å². The molecule has 0 amide bonds. The lowest BCUT2D eigenvalue weighted by Gasteiger charge is -2.31. The maximum absolute atomic E-state index is 9.31. The fraction of sp³-hybridized carbons (Fsp3) is 0.611. The first-order valence-electron chi connectivity index (χ1n) is 9.06. The van der Waals surface area contributed by atoms with E-state index in [4.69, 9.17) is 0 Å². The summed E-state index contributed by atoms with van der Waals surface area (Å²) in [6.45, 7) is 6.35. The number of nitrogens with one attached hydrogen (secondary N) is 1. The zero-order chi connectivity index (χ0) is 17.6. The first-order valence-corrected chi connectivity index (χ1v) is 9.06. The van der Waals surface area contributed by atoms with Crippen molar-refractivity contribution in [3.8, 4) is 11.3 Å². The smallest absolute Gasteiger partial charge is 0.223 e. The molecule has 0 unspecified atom stereocenters. The maximum Gasteiger partial charge on any atom is 0.223 e. The van der Waals surface area contributed by atoms with Crippen LogP contribution < -0.4 is 5.32 Å². The summed E-state index contributed by atoms with van der Waals surface area (Å²) in [5.74, 6) is 1.11. The Hall–Kier alpha value is -1.99. The van der Waals surface area contributed by atoms with Crippen LogP contribution in [0.15, 0.2) is 18.5 Å². The molecule has 2 aromatic rings. The Labute approximate surface area is 149 Å². The predicted molar refractivity (Wildman–Crippen MR) is 98.3 cm³/mol. The summed E-state index contributed by atoms with van der Waals surface area (Å²) in [6.07, 6.45) is 7.15. The highest BCUT2D eigenvalue weighted by Crippen LogP contribution is 2.20. The largest absolute Gasteiger partial charge is 0.396 e. The van der Waals surface area contributed by atoms with Gasteiger partial charge in [-0.15, -0.1) is 0 Å². The van der Waals surface area contributed by atoms with Crippen LogP contribution in [0.25, 0.3) is 11.3 Å². The third kappa shape index (κ3) is 4.76. The summed E-state index contributed by atoms with van der Waals surface area (Å²) >= 11 is 0. The molecule has 0 aliphatic carbocycles. The van der Waals surface area contributed by atoms with E-state index >= 15 is 0 Å². The molecule has 7 nitrogen and oxygen atoms in total. The number of piperidine rings is 1. The Morgan fingerprint density at radius 3 is 3.04 bits per heavy atom. The van der Waals surface area contributed by atoms with Gasteiger partial charge < -0.3 is 15.3 Å². The van der Waals surface area contributed by atoms with Crippen LogP contribution in [-0.2, 0) is 7.05 Å². The topological polar surface area (TPSA) is 79.1 Å². The minimum Gasteiger partial charge on any atom is -0.396 e. The molecule has 2 N–H and O–H groups in total. The monoisotopic (exact) mass is 344 g/mol. The van der Waals surface area contributed by atoms with E-state index in [0.717, 1.165) is 56.0 Å². The average molecular weight is 344 g/mol. The summed E-state index contributed by atoms with van der Waals surface area (Å²) in [6, 6.07) is 1.91. The molecule has 1 fully saturated rings. The summed E-state index contributed by atoms with van der Waals surface area (Å²) in [5, 5.41) is 17.0. The third-order valence-corrected chi connectivity index (χ3v) is 4.74. The Balaban J connectivity index is 1.49. The molecule has 1 saturated heterocycles. The SMILES string of the molecule is Cc1nn(C)cc1-c1ccnc(NCCCN2CCC[C@@H](CO)C2)n1. The Bertz CT molecular complexity index is 686. The minimum absolute atomic E-state index is 0.309. The Kier molecular flexibility index (Phi) is 5.99. The number of aromatic nitrogens is 4. The van der Waals surface area contributed by atoms with E-state index in [1.807, 2.05) is 26.2 Å². The number of aliphatic hydroxyl groups is 1. The van der Waals surface area contributed by atoms with Gasteiger partial charge in [-0.2, -0.15) is 5.10 Å². The molecule has 25 heavy (non-hydrogen) atoms. The van der Waals surface area contributed by atoms with Crippen molar-refractivity contribution < 1.29 is 5.11 Å². The molecule has 0 bridgehead atoms. The molecule has 3 heterocycles. The van der Waals surface area contributed by atoms with Gasteiger partial charge in [0.15, 0.2) is 0 Å². The third-order valence-electron chi connectivity index (χ3n) is 4.74. The highest BCUT2D eigenvalue weighted by molar-refractivity contribution is 5.61. The second-order valence-electron chi connectivity index (χ2n) is 6.84. The zero-order valence-corrected chi connectivity index (χ0v) is 15.1. The molecule has 2 aromatic heterocycles. The van der Waals surface area contributed by atoms with Crippen LogP contribution >= 0.6 is 0 Å². The number of aryl methyl sites for hydroxylation is 2. The van der Waals surface area contributed by atoms with E-state index < -0.39 is 0 Å². The maximum atomic E-state index is 9.31. The van der Waals surface area contributed by atoms with Crippen molar-refractivity contribution in [3.05, 3.63) is 24.2 Å². The molecule has 1 atom stereocenters. The highest BCUT2D eigenvalue weighted by Gasteiger charge is 2.18. The number of nitrogens with zero attached hydrogens (tertiary/aromatic N) is 5. The lowest BCUT2D eigenvalue weighted by molar-refractivity contribution is 0.120. The van der Waals surface area contributed by atoms with Crippen molar-refractivity contribution in [1.29, 1.82) is 0 Å². The van der Waals surface area contributed by atoms with Crippen molar-refractivity contribution >= 4 is 5.95 Å². The second-order valence-corrected chi connectivity index (χ2v) is 6.84. The number of hydrogen-bond acceptors (Lipinski definition) is 6. The van der Waals surface area contributed by atoms with E-state index in [1.54, 1.807) is 10.9 Å². The van der Waals surface area contributed by atoms with Gasteiger partial charge in [-0.25, -0.2) is 9.97 Å². The number of likely N-dealkylation sites (tertiary alicyclic amines) is 1. The molecular formula is C18H28N6O. The molecular weight excluding hydrogens is 316 g/mol. The minimum atomic E-state index is 0.309. The Morgan fingerprint density at radius 1 is 1.40 bits per heavy atom. The van der Waals surface area contributed by atoms with E-state index in [2.05, 4.69) is 25.3 Å². The molecule has 3 rings (SSSR count).